The predicted molar refractivity (Wildman–Crippen MR) is 109 cm³/mol. The Kier molecular flexibility index (Phi) is 6.12. The number of hydrogen-bond donors (Lipinski definition) is 2. The molecule has 2 N–H and O–H groups in total. The van der Waals surface area contributed by atoms with Gasteiger partial charge in [0.1, 0.15) is 6.42 Å². The molecule has 2 aromatic carbocycles. The fraction of sp³-hybridized carbons (Fsp3) is 0.364. The monoisotopic (exact) mass is 365 g/mol. The van der Waals surface area contributed by atoms with Gasteiger partial charge in [-0.3, -0.25) is 9.59 Å². The van der Waals surface area contributed by atoms with E-state index in [9.17, 15) is 9.59 Å². The highest BCUT2D eigenvalue weighted by Crippen LogP contribution is 2.23. The van der Waals surface area contributed by atoms with E-state index in [1.807, 2.05) is 31.2 Å². The molecule has 1 heterocycles. The van der Waals surface area contributed by atoms with Crippen molar-refractivity contribution in [3.63, 3.8) is 0 Å². The summed E-state index contributed by atoms with van der Waals surface area (Å²) in [4.78, 5) is 26.4. The molecule has 0 saturated carbocycles. The molecule has 0 bridgehead atoms. The van der Waals surface area contributed by atoms with Gasteiger partial charge >= 0.3 is 0 Å². The first-order valence-corrected chi connectivity index (χ1v) is 9.44. The fourth-order valence-corrected chi connectivity index (χ4v) is 3.38. The summed E-state index contributed by atoms with van der Waals surface area (Å²) in [6.45, 7) is 6.58. The number of amides is 2. The van der Waals surface area contributed by atoms with E-state index in [0.717, 1.165) is 30.8 Å². The Hall–Kier alpha value is -2.82. The molecule has 1 fully saturated rings. The van der Waals surface area contributed by atoms with Crippen molar-refractivity contribution in [2.45, 2.75) is 26.7 Å². The van der Waals surface area contributed by atoms with Crippen LogP contribution in [0.3, 0.4) is 0 Å². The van der Waals surface area contributed by atoms with E-state index in [1.54, 1.807) is 0 Å². The summed E-state index contributed by atoms with van der Waals surface area (Å²) in [5, 5.41) is 5.67. The predicted octanol–water partition coefficient (Wildman–Crippen LogP) is 3.27. The van der Waals surface area contributed by atoms with Crippen LogP contribution in [0, 0.1) is 19.8 Å². The summed E-state index contributed by atoms with van der Waals surface area (Å²) in [6, 6.07) is 16.1. The molecular weight excluding hydrogens is 338 g/mol. The van der Waals surface area contributed by atoms with Gasteiger partial charge in [0.05, 0.1) is 0 Å². The van der Waals surface area contributed by atoms with Gasteiger partial charge < -0.3 is 15.5 Å². The van der Waals surface area contributed by atoms with E-state index in [1.165, 1.54) is 11.3 Å². The summed E-state index contributed by atoms with van der Waals surface area (Å²) in [5.74, 6) is -0.102. The molecule has 2 amide bonds. The Morgan fingerprint density at radius 1 is 1.04 bits per heavy atom. The molecule has 2 aromatic rings. The Morgan fingerprint density at radius 2 is 1.81 bits per heavy atom. The normalized spacial score (nSPS) is 16.2. The van der Waals surface area contributed by atoms with Crippen molar-refractivity contribution in [1.29, 1.82) is 0 Å². The van der Waals surface area contributed by atoms with Crippen LogP contribution in [0.25, 0.3) is 0 Å². The van der Waals surface area contributed by atoms with Crippen LogP contribution in [0.5, 0.6) is 0 Å². The van der Waals surface area contributed by atoms with Crippen molar-refractivity contribution in [2.75, 3.05) is 29.9 Å². The van der Waals surface area contributed by atoms with Crippen LogP contribution < -0.4 is 15.5 Å². The zero-order chi connectivity index (χ0) is 19.2. The lowest BCUT2D eigenvalue weighted by Crippen LogP contribution is -2.33. The Balaban J connectivity index is 1.40. The molecule has 27 heavy (non-hydrogen) atoms. The molecule has 1 atom stereocenters. The number of hydrogen-bond acceptors (Lipinski definition) is 3. The lowest BCUT2D eigenvalue weighted by Gasteiger charge is -2.19. The summed E-state index contributed by atoms with van der Waals surface area (Å²) in [6.07, 6.45) is 0.895. The van der Waals surface area contributed by atoms with Gasteiger partial charge in [0, 0.05) is 31.0 Å². The minimum Gasteiger partial charge on any atom is -0.371 e. The van der Waals surface area contributed by atoms with Crippen LogP contribution in [0.15, 0.2) is 48.5 Å². The maximum Gasteiger partial charge on any atom is 0.233 e. The highest BCUT2D eigenvalue weighted by Gasteiger charge is 2.23. The molecule has 0 spiro atoms. The lowest BCUT2D eigenvalue weighted by molar-refractivity contribution is -0.126. The van der Waals surface area contributed by atoms with Gasteiger partial charge in [-0.05, 0) is 56.0 Å². The van der Waals surface area contributed by atoms with Gasteiger partial charge in [0.2, 0.25) is 11.8 Å². The topological polar surface area (TPSA) is 61.4 Å². The molecule has 1 saturated heterocycles. The zero-order valence-corrected chi connectivity index (χ0v) is 16.0. The number of anilines is 2. The van der Waals surface area contributed by atoms with Crippen LogP contribution in [0.1, 0.15) is 24.0 Å². The highest BCUT2D eigenvalue weighted by molar-refractivity contribution is 6.03. The standard InChI is InChI=1S/C22H27N3O2/c1-16-6-8-20(9-7-16)25-11-10-18(15-25)14-23-21(26)13-22(27)24-19-5-3-4-17(2)12-19/h3-9,12,18H,10-11,13-15H2,1-2H3,(H,23,26)(H,24,27). The van der Waals surface area contributed by atoms with Crippen molar-refractivity contribution in [3.8, 4) is 0 Å². The molecule has 0 aliphatic carbocycles. The van der Waals surface area contributed by atoms with Crippen LogP contribution in [0.2, 0.25) is 0 Å². The number of rotatable bonds is 6. The Morgan fingerprint density at radius 3 is 2.56 bits per heavy atom. The van der Waals surface area contributed by atoms with E-state index in [2.05, 4.69) is 46.7 Å². The number of aryl methyl sites for hydroxylation is 2. The second kappa shape index (κ2) is 8.71. The van der Waals surface area contributed by atoms with Gasteiger partial charge in [-0.1, -0.05) is 29.8 Å². The highest BCUT2D eigenvalue weighted by atomic mass is 16.2. The SMILES string of the molecule is Cc1ccc(N2CCC(CNC(=O)CC(=O)Nc3cccc(C)c3)C2)cc1. The minimum absolute atomic E-state index is 0.150. The number of nitrogens with zero attached hydrogens (tertiary/aromatic N) is 1. The molecule has 5 nitrogen and oxygen atoms in total. The summed E-state index contributed by atoms with van der Waals surface area (Å²) in [5.41, 5.74) is 4.27. The number of benzene rings is 2. The first kappa shape index (κ1) is 19.0. The average molecular weight is 365 g/mol. The third-order valence-corrected chi connectivity index (χ3v) is 4.90. The number of nitrogens with one attached hydrogen (secondary N) is 2. The van der Waals surface area contributed by atoms with E-state index in [-0.39, 0.29) is 18.2 Å². The molecule has 1 unspecified atom stereocenters. The molecule has 5 heteroatoms. The smallest absolute Gasteiger partial charge is 0.233 e. The Labute approximate surface area is 160 Å². The Bertz CT molecular complexity index is 801. The molecule has 1 aliphatic heterocycles. The zero-order valence-electron chi connectivity index (χ0n) is 16.0. The molecule has 1 aliphatic rings. The van der Waals surface area contributed by atoms with Crippen LogP contribution in [0.4, 0.5) is 11.4 Å². The first-order valence-electron chi connectivity index (χ1n) is 9.44. The maximum atomic E-state index is 12.1. The number of carbonyl (C=O) groups is 2. The van der Waals surface area contributed by atoms with Gasteiger partial charge in [-0.2, -0.15) is 0 Å². The van der Waals surface area contributed by atoms with Crippen molar-refractivity contribution in [3.05, 3.63) is 59.7 Å². The fourth-order valence-electron chi connectivity index (χ4n) is 3.38. The molecular formula is C22H27N3O2. The largest absolute Gasteiger partial charge is 0.371 e. The second-order valence-corrected chi connectivity index (χ2v) is 7.33. The first-order chi connectivity index (χ1) is 13.0. The van der Waals surface area contributed by atoms with Gasteiger partial charge in [0.25, 0.3) is 0 Å². The van der Waals surface area contributed by atoms with E-state index in [0.29, 0.717) is 12.5 Å². The van der Waals surface area contributed by atoms with E-state index < -0.39 is 0 Å². The number of carbonyl (C=O) groups excluding carboxylic acids is 2. The summed E-state index contributed by atoms with van der Waals surface area (Å²) < 4.78 is 0. The van der Waals surface area contributed by atoms with Crippen molar-refractivity contribution < 1.29 is 9.59 Å². The summed E-state index contributed by atoms with van der Waals surface area (Å²) >= 11 is 0. The van der Waals surface area contributed by atoms with Crippen molar-refractivity contribution in [1.82, 2.24) is 5.32 Å². The third-order valence-electron chi connectivity index (χ3n) is 4.90. The quantitative estimate of drug-likeness (QED) is 0.773. The summed E-state index contributed by atoms with van der Waals surface area (Å²) in [7, 11) is 0. The van der Waals surface area contributed by atoms with Crippen LogP contribution in [-0.2, 0) is 9.59 Å². The molecule has 3 rings (SSSR count). The average Bonchev–Trinajstić information content (AvgIpc) is 3.09. The molecule has 142 valence electrons. The maximum absolute atomic E-state index is 12.1. The third kappa shape index (κ3) is 5.58. The van der Waals surface area contributed by atoms with Crippen molar-refractivity contribution >= 4 is 23.2 Å². The minimum atomic E-state index is -0.286. The molecule has 0 radical (unpaired) electrons. The van der Waals surface area contributed by atoms with Gasteiger partial charge in [0.15, 0.2) is 0 Å². The van der Waals surface area contributed by atoms with Crippen molar-refractivity contribution in [2.24, 2.45) is 5.92 Å². The second-order valence-electron chi connectivity index (χ2n) is 7.33. The van der Waals surface area contributed by atoms with Crippen LogP contribution >= 0.6 is 0 Å². The van der Waals surface area contributed by atoms with Gasteiger partial charge in [-0.15, -0.1) is 0 Å². The van der Waals surface area contributed by atoms with E-state index in [4.69, 9.17) is 0 Å². The van der Waals surface area contributed by atoms with Gasteiger partial charge in [-0.25, -0.2) is 0 Å². The lowest BCUT2D eigenvalue weighted by atomic mass is 10.1. The molecule has 0 aromatic heterocycles. The van der Waals surface area contributed by atoms with E-state index >= 15 is 0 Å². The van der Waals surface area contributed by atoms with Crippen LogP contribution in [-0.4, -0.2) is 31.4 Å².